The van der Waals surface area contributed by atoms with E-state index in [1.807, 2.05) is 81.6 Å². The molecule has 0 saturated carbocycles. The largest absolute Gasteiger partial charge is 0.506 e. The molecule has 2 aromatic rings. The standard InChI is InChI=1S/C23H11Cl4I3O5/c1-5(2)6-3-7-10(11-12(23(33)34)14(25)16(27)15(26)13(11)24)8-4-9(28)20(32)18(30)22(8)35-21(7)17(29)19(6)31/h3-5,31H,1-2H3,(H,33,34). The van der Waals surface area contributed by atoms with Crippen LogP contribution >= 0.6 is 114 Å². The number of hydrogen-bond donors (Lipinski definition) is 2. The zero-order valence-corrected chi connectivity index (χ0v) is 27.0. The molecule has 1 aliphatic heterocycles. The van der Waals surface area contributed by atoms with Gasteiger partial charge in [-0.3, -0.25) is 4.79 Å². The van der Waals surface area contributed by atoms with Crippen molar-refractivity contribution < 1.29 is 19.4 Å². The maximum absolute atomic E-state index is 12.8. The van der Waals surface area contributed by atoms with Crippen LogP contribution in [-0.2, 0) is 0 Å². The second-order valence-corrected chi connectivity index (χ2v) is 12.7. The first-order valence-corrected chi connectivity index (χ1v) is 14.4. The third kappa shape index (κ3) is 4.42. The van der Waals surface area contributed by atoms with Crippen LogP contribution in [0.2, 0.25) is 20.1 Å². The zero-order valence-electron chi connectivity index (χ0n) is 17.5. The van der Waals surface area contributed by atoms with Crippen LogP contribution in [-0.4, -0.2) is 16.2 Å². The lowest BCUT2D eigenvalue weighted by Gasteiger charge is -2.22. The molecule has 2 aliphatic rings. The van der Waals surface area contributed by atoms with E-state index in [0.29, 0.717) is 29.2 Å². The van der Waals surface area contributed by atoms with Gasteiger partial charge in [0.25, 0.3) is 0 Å². The van der Waals surface area contributed by atoms with Gasteiger partial charge in [0, 0.05) is 22.1 Å². The predicted molar refractivity (Wildman–Crippen MR) is 165 cm³/mol. The fourth-order valence-corrected chi connectivity index (χ4v) is 7.35. The molecule has 0 fully saturated rings. The molecule has 2 N–H and O–H groups in total. The minimum absolute atomic E-state index is 0.0294. The Morgan fingerprint density at radius 1 is 0.943 bits per heavy atom. The summed E-state index contributed by atoms with van der Waals surface area (Å²) in [6.07, 6.45) is 0. The van der Waals surface area contributed by atoms with Crippen molar-refractivity contribution in [2.75, 3.05) is 0 Å². The van der Waals surface area contributed by atoms with Crippen LogP contribution in [0.25, 0.3) is 33.4 Å². The van der Waals surface area contributed by atoms with Crippen molar-refractivity contribution in [1.29, 1.82) is 0 Å². The van der Waals surface area contributed by atoms with E-state index in [-0.39, 0.29) is 63.2 Å². The summed E-state index contributed by atoms with van der Waals surface area (Å²) < 4.78 is 7.26. The summed E-state index contributed by atoms with van der Waals surface area (Å²) in [4.78, 5) is 25.2. The average molecular weight is 890 g/mol. The molecular formula is C23H11Cl4I3O5. The highest BCUT2D eigenvalue weighted by Crippen LogP contribution is 2.52. The van der Waals surface area contributed by atoms with Gasteiger partial charge in [-0.1, -0.05) is 60.3 Å². The molecule has 0 spiro atoms. The minimum Gasteiger partial charge on any atom is -0.506 e. The SMILES string of the molecule is CC(C)c1cc2c(-c3c(Cl)c(Cl)c(Cl)c(Cl)c3C(=O)O)c3cc(I)c(=O)c(I)c-3oc2c(I)c1O. The van der Waals surface area contributed by atoms with Crippen molar-refractivity contribution in [1.82, 2.24) is 0 Å². The van der Waals surface area contributed by atoms with E-state index in [2.05, 4.69) is 0 Å². The highest BCUT2D eigenvalue weighted by Gasteiger charge is 2.32. The third-order valence-electron chi connectivity index (χ3n) is 5.45. The van der Waals surface area contributed by atoms with E-state index in [0.717, 1.165) is 0 Å². The number of rotatable bonds is 3. The van der Waals surface area contributed by atoms with Gasteiger partial charge in [0.15, 0.2) is 11.3 Å². The zero-order chi connectivity index (χ0) is 26.1. The molecule has 4 rings (SSSR count). The number of aromatic hydroxyl groups is 1. The number of aromatic carboxylic acids is 1. The Labute approximate surface area is 259 Å². The summed E-state index contributed by atoms with van der Waals surface area (Å²) in [5.41, 5.74) is 1.09. The molecule has 0 aromatic heterocycles. The highest BCUT2D eigenvalue weighted by molar-refractivity contribution is 14.1. The van der Waals surface area contributed by atoms with Gasteiger partial charge in [-0.2, -0.15) is 0 Å². The van der Waals surface area contributed by atoms with E-state index in [1.165, 1.54) is 0 Å². The molecule has 0 bridgehead atoms. The monoisotopic (exact) mass is 888 g/mol. The Kier molecular flexibility index (Phi) is 8.05. The predicted octanol–water partition coefficient (Wildman–Crippen LogP) is 9.52. The van der Waals surface area contributed by atoms with Crippen LogP contribution in [0.3, 0.4) is 0 Å². The van der Waals surface area contributed by atoms with Gasteiger partial charge in [0.2, 0.25) is 5.43 Å². The van der Waals surface area contributed by atoms with E-state index in [9.17, 15) is 19.8 Å². The lowest BCUT2D eigenvalue weighted by atomic mass is 9.88. The second-order valence-electron chi connectivity index (χ2n) is 7.83. The number of fused-ring (bicyclic) bond motifs is 2. The van der Waals surface area contributed by atoms with Crippen LogP contribution < -0.4 is 5.43 Å². The number of carbonyl (C=O) groups is 1. The summed E-state index contributed by atoms with van der Waals surface area (Å²) in [7, 11) is 0. The molecule has 1 heterocycles. The number of halogens is 7. The normalized spacial score (nSPS) is 11.7. The first-order chi connectivity index (χ1) is 16.3. The maximum Gasteiger partial charge on any atom is 0.337 e. The van der Waals surface area contributed by atoms with Crippen molar-refractivity contribution in [2.24, 2.45) is 0 Å². The molecule has 0 saturated heterocycles. The van der Waals surface area contributed by atoms with Crippen molar-refractivity contribution >= 4 is 131 Å². The topological polar surface area (TPSA) is 87.7 Å². The van der Waals surface area contributed by atoms with Crippen LogP contribution in [0, 0.1) is 10.7 Å². The Bertz CT molecular complexity index is 1610. The van der Waals surface area contributed by atoms with Crippen molar-refractivity contribution in [2.45, 2.75) is 19.8 Å². The van der Waals surface area contributed by atoms with E-state index in [1.54, 1.807) is 12.1 Å². The highest BCUT2D eigenvalue weighted by atomic mass is 127. The second kappa shape index (κ2) is 10.1. The third-order valence-corrected chi connectivity index (χ3v) is 10.0. The number of benzene rings is 3. The first kappa shape index (κ1) is 27.8. The Morgan fingerprint density at radius 3 is 2.11 bits per heavy atom. The number of carboxylic acids is 1. The van der Waals surface area contributed by atoms with Gasteiger partial charge >= 0.3 is 5.97 Å². The van der Waals surface area contributed by atoms with Crippen LogP contribution in [0.4, 0.5) is 0 Å². The number of carboxylic acid groups (broad SMARTS) is 1. The van der Waals surface area contributed by atoms with Gasteiger partial charge in [-0.25, -0.2) is 4.79 Å². The van der Waals surface area contributed by atoms with Gasteiger partial charge in [-0.05, 0) is 91.4 Å². The molecule has 182 valence electrons. The van der Waals surface area contributed by atoms with Gasteiger partial charge in [-0.15, -0.1) is 0 Å². The number of phenols is 1. The fraction of sp³-hybridized carbons (Fsp3) is 0.130. The molecular weight excluding hydrogens is 879 g/mol. The summed E-state index contributed by atoms with van der Waals surface area (Å²) in [6.45, 7) is 3.83. The Hall–Kier alpha value is -0.250. The minimum atomic E-state index is -1.37. The summed E-state index contributed by atoms with van der Waals surface area (Å²) in [5.74, 6) is -1.20. The summed E-state index contributed by atoms with van der Waals surface area (Å²) in [5, 5.41) is 20.8. The Balaban J connectivity index is 2.43. The molecule has 0 atom stereocenters. The summed E-state index contributed by atoms with van der Waals surface area (Å²) in [6, 6.07) is 3.32. The van der Waals surface area contributed by atoms with Crippen molar-refractivity contribution in [3.8, 4) is 28.2 Å². The van der Waals surface area contributed by atoms with Crippen LogP contribution in [0.5, 0.6) is 5.75 Å². The van der Waals surface area contributed by atoms with Crippen LogP contribution in [0.1, 0.15) is 35.7 Å². The smallest absolute Gasteiger partial charge is 0.337 e. The van der Waals surface area contributed by atoms with Gasteiger partial charge in [0.05, 0.1) is 32.8 Å². The quantitative estimate of drug-likeness (QED) is 0.0927. The molecule has 12 heteroatoms. The van der Waals surface area contributed by atoms with E-state index < -0.39 is 5.97 Å². The van der Waals surface area contributed by atoms with Crippen molar-refractivity contribution in [3.05, 3.63) is 64.3 Å². The lowest BCUT2D eigenvalue weighted by molar-refractivity contribution is 0.0698. The van der Waals surface area contributed by atoms with Gasteiger partial charge in [0.1, 0.15) is 9.32 Å². The lowest BCUT2D eigenvalue weighted by Crippen LogP contribution is -2.13. The molecule has 0 unspecified atom stereocenters. The molecule has 5 nitrogen and oxygen atoms in total. The summed E-state index contributed by atoms with van der Waals surface area (Å²) >= 11 is 31.4. The van der Waals surface area contributed by atoms with E-state index >= 15 is 0 Å². The van der Waals surface area contributed by atoms with E-state index in [4.69, 9.17) is 50.8 Å². The molecule has 35 heavy (non-hydrogen) atoms. The fourth-order valence-electron chi connectivity index (χ4n) is 3.82. The number of hydrogen-bond acceptors (Lipinski definition) is 4. The maximum atomic E-state index is 12.8. The molecule has 2 aromatic carbocycles. The van der Waals surface area contributed by atoms with Crippen molar-refractivity contribution in [3.63, 3.8) is 0 Å². The van der Waals surface area contributed by atoms with Crippen LogP contribution in [0.15, 0.2) is 21.3 Å². The van der Waals surface area contributed by atoms with Gasteiger partial charge < -0.3 is 14.6 Å². The average Bonchev–Trinajstić information content (AvgIpc) is 2.79. The Morgan fingerprint density at radius 2 is 1.54 bits per heavy atom. The molecule has 0 amide bonds. The number of phenolic OH excluding ortho intramolecular Hbond substituents is 1. The molecule has 0 radical (unpaired) electrons. The molecule has 1 aliphatic carbocycles. The first-order valence-electron chi connectivity index (χ1n) is 9.68.